The Balaban J connectivity index is 1.96. The van der Waals surface area contributed by atoms with Crippen LogP contribution in [0, 0.1) is 11.8 Å². The first-order valence-electron chi connectivity index (χ1n) is 4.99. The van der Waals surface area contributed by atoms with Crippen molar-refractivity contribution in [3.8, 4) is 0 Å². The van der Waals surface area contributed by atoms with Crippen LogP contribution >= 0.6 is 0 Å². The minimum atomic E-state index is 0.997. The largest absolute Gasteiger partial charge is 0.316 e. The highest BCUT2D eigenvalue weighted by atomic mass is 14.9. The molecule has 1 N–H and O–H groups in total. The molecule has 1 radical (unpaired) electrons. The quantitative estimate of drug-likeness (QED) is 0.560. The number of fused-ring (bicyclic) bond motifs is 6. The molecule has 2 heterocycles. The van der Waals surface area contributed by atoms with Crippen LogP contribution in [0.15, 0.2) is 0 Å². The van der Waals surface area contributed by atoms with Crippen LogP contribution in [0.5, 0.6) is 0 Å². The van der Waals surface area contributed by atoms with E-state index in [9.17, 15) is 0 Å². The molecule has 1 saturated carbocycles. The van der Waals surface area contributed by atoms with E-state index in [1.165, 1.54) is 51.6 Å². The molecule has 63 valence electrons. The number of rotatable bonds is 0. The normalized spacial score (nSPS) is 29.5. The van der Waals surface area contributed by atoms with Gasteiger partial charge in [-0.2, -0.15) is 0 Å². The topological polar surface area (TPSA) is 12.0 Å². The summed E-state index contributed by atoms with van der Waals surface area (Å²) in [6.45, 7) is 2.50. The van der Waals surface area contributed by atoms with Crippen molar-refractivity contribution in [2.75, 3.05) is 13.1 Å². The van der Waals surface area contributed by atoms with Gasteiger partial charge < -0.3 is 5.32 Å². The Hall–Kier alpha value is -0.0400. The Morgan fingerprint density at radius 3 is 2.55 bits per heavy atom. The van der Waals surface area contributed by atoms with Crippen LogP contribution in [0.2, 0.25) is 0 Å². The average molecular weight is 152 g/mol. The minimum Gasteiger partial charge on any atom is -0.316 e. The van der Waals surface area contributed by atoms with Crippen molar-refractivity contribution in [1.29, 1.82) is 0 Å². The van der Waals surface area contributed by atoms with Gasteiger partial charge in [0.1, 0.15) is 0 Å². The SMILES string of the molecule is C1C[C]2CCCC(C1)CNC2. The Labute approximate surface area is 69.6 Å². The molecule has 0 amide bonds. The van der Waals surface area contributed by atoms with E-state index in [-0.39, 0.29) is 0 Å². The lowest BCUT2D eigenvalue weighted by Crippen LogP contribution is -2.32. The maximum atomic E-state index is 3.55. The fourth-order valence-corrected chi connectivity index (χ4v) is 2.38. The second-order valence-electron chi connectivity index (χ2n) is 4.03. The van der Waals surface area contributed by atoms with E-state index in [4.69, 9.17) is 0 Å². The van der Waals surface area contributed by atoms with Crippen molar-refractivity contribution in [3.05, 3.63) is 5.92 Å². The molecule has 3 fully saturated rings. The van der Waals surface area contributed by atoms with Gasteiger partial charge in [-0.15, -0.1) is 0 Å². The van der Waals surface area contributed by atoms with Gasteiger partial charge in [-0.25, -0.2) is 0 Å². The van der Waals surface area contributed by atoms with Gasteiger partial charge in [0, 0.05) is 6.54 Å². The van der Waals surface area contributed by atoms with E-state index in [0.29, 0.717) is 0 Å². The summed E-state index contributed by atoms with van der Waals surface area (Å²) in [5.74, 6) is 2.78. The van der Waals surface area contributed by atoms with Crippen molar-refractivity contribution >= 4 is 0 Å². The summed E-state index contributed by atoms with van der Waals surface area (Å²) in [6.07, 6.45) is 8.67. The molecule has 0 unspecified atom stereocenters. The summed E-state index contributed by atoms with van der Waals surface area (Å²) in [6, 6.07) is 0. The first-order chi connectivity index (χ1) is 5.45. The van der Waals surface area contributed by atoms with Gasteiger partial charge in [-0.3, -0.25) is 0 Å². The molecule has 2 aliphatic heterocycles. The average Bonchev–Trinajstić information content (AvgIpc) is 1.80. The summed E-state index contributed by atoms with van der Waals surface area (Å²) in [4.78, 5) is 0. The van der Waals surface area contributed by atoms with E-state index in [1.54, 1.807) is 5.92 Å². The Morgan fingerprint density at radius 1 is 1.09 bits per heavy atom. The first kappa shape index (κ1) is 7.60. The molecule has 1 heteroatoms. The third-order valence-corrected chi connectivity index (χ3v) is 3.09. The Morgan fingerprint density at radius 2 is 1.82 bits per heavy atom. The molecular formula is C10H18N. The molecule has 1 aliphatic carbocycles. The molecular weight excluding hydrogens is 134 g/mol. The van der Waals surface area contributed by atoms with Crippen LogP contribution in [-0.2, 0) is 0 Å². The van der Waals surface area contributed by atoms with E-state index >= 15 is 0 Å². The molecule has 2 bridgehead atoms. The predicted molar refractivity (Wildman–Crippen MR) is 47.3 cm³/mol. The maximum Gasteiger partial charge on any atom is 0.00137 e. The monoisotopic (exact) mass is 152 g/mol. The summed E-state index contributed by atoms with van der Waals surface area (Å²) < 4.78 is 0. The van der Waals surface area contributed by atoms with Crippen molar-refractivity contribution < 1.29 is 0 Å². The highest BCUT2D eigenvalue weighted by Crippen LogP contribution is 2.28. The van der Waals surface area contributed by atoms with E-state index in [2.05, 4.69) is 5.32 Å². The van der Waals surface area contributed by atoms with Gasteiger partial charge in [0.05, 0.1) is 0 Å². The van der Waals surface area contributed by atoms with Gasteiger partial charge >= 0.3 is 0 Å². The van der Waals surface area contributed by atoms with Crippen LogP contribution < -0.4 is 5.32 Å². The molecule has 3 rings (SSSR count). The number of hydrogen-bond donors (Lipinski definition) is 1. The third-order valence-electron chi connectivity index (χ3n) is 3.09. The zero-order chi connectivity index (χ0) is 7.52. The molecule has 0 aromatic carbocycles. The third kappa shape index (κ3) is 1.96. The molecule has 2 saturated heterocycles. The predicted octanol–water partition coefficient (Wildman–Crippen LogP) is 2.13. The zero-order valence-corrected chi connectivity index (χ0v) is 7.23. The molecule has 0 atom stereocenters. The van der Waals surface area contributed by atoms with E-state index in [1.807, 2.05) is 0 Å². The van der Waals surface area contributed by atoms with Crippen LogP contribution in [0.25, 0.3) is 0 Å². The lowest BCUT2D eigenvalue weighted by Gasteiger charge is -2.29. The summed E-state index contributed by atoms with van der Waals surface area (Å²) in [5.41, 5.74) is 0. The number of nitrogens with one attached hydrogen (secondary N) is 1. The molecule has 0 aromatic rings. The van der Waals surface area contributed by atoms with E-state index < -0.39 is 0 Å². The van der Waals surface area contributed by atoms with Gasteiger partial charge in [0.15, 0.2) is 0 Å². The molecule has 0 spiro atoms. The van der Waals surface area contributed by atoms with Crippen molar-refractivity contribution in [2.24, 2.45) is 5.92 Å². The zero-order valence-electron chi connectivity index (χ0n) is 7.23. The lowest BCUT2D eigenvalue weighted by molar-refractivity contribution is 0.337. The lowest BCUT2D eigenvalue weighted by atomic mass is 9.83. The summed E-state index contributed by atoms with van der Waals surface area (Å²) in [7, 11) is 0. The smallest absolute Gasteiger partial charge is 0.00137 e. The summed E-state index contributed by atoms with van der Waals surface area (Å²) >= 11 is 0. The summed E-state index contributed by atoms with van der Waals surface area (Å²) in [5, 5.41) is 3.55. The highest BCUT2D eigenvalue weighted by Gasteiger charge is 2.20. The minimum absolute atomic E-state index is 0.997. The standard InChI is InChI=1S/C10H18N/c1-3-9-5-2-6-10(4-1)8-11-7-9/h9,11H,1-8H2. The van der Waals surface area contributed by atoms with Gasteiger partial charge in [0.25, 0.3) is 0 Å². The maximum absolute atomic E-state index is 3.55. The second kappa shape index (κ2) is 3.57. The fourth-order valence-electron chi connectivity index (χ4n) is 2.38. The molecule has 11 heavy (non-hydrogen) atoms. The molecule has 1 nitrogen and oxygen atoms in total. The van der Waals surface area contributed by atoms with Crippen LogP contribution in [-0.4, -0.2) is 13.1 Å². The first-order valence-corrected chi connectivity index (χ1v) is 4.99. The van der Waals surface area contributed by atoms with Crippen molar-refractivity contribution in [3.63, 3.8) is 0 Å². The highest BCUT2D eigenvalue weighted by molar-refractivity contribution is 4.95. The van der Waals surface area contributed by atoms with Gasteiger partial charge in [-0.1, -0.05) is 12.8 Å². The fraction of sp³-hybridized carbons (Fsp3) is 0.900. The van der Waals surface area contributed by atoms with Crippen molar-refractivity contribution in [2.45, 2.75) is 38.5 Å². The molecule has 0 aromatic heterocycles. The second-order valence-corrected chi connectivity index (χ2v) is 4.03. The van der Waals surface area contributed by atoms with Gasteiger partial charge in [-0.05, 0) is 44.1 Å². The van der Waals surface area contributed by atoms with Crippen LogP contribution in [0.1, 0.15) is 38.5 Å². The molecule has 3 aliphatic rings. The van der Waals surface area contributed by atoms with Crippen molar-refractivity contribution in [1.82, 2.24) is 5.32 Å². The Kier molecular flexibility index (Phi) is 2.47. The van der Waals surface area contributed by atoms with Gasteiger partial charge in [0.2, 0.25) is 0 Å². The van der Waals surface area contributed by atoms with Crippen LogP contribution in [0.4, 0.5) is 0 Å². The Bertz CT molecular complexity index is 86.3. The van der Waals surface area contributed by atoms with Crippen LogP contribution in [0.3, 0.4) is 0 Å². The number of hydrogen-bond acceptors (Lipinski definition) is 1. The van der Waals surface area contributed by atoms with E-state index in [0.717, 1.165) is 5.92 Å².